The van der Waals surface area contributed by atoms with Crippen molar-refractivity contribution in [2.45, 2.75) is 11.4 Å². The van der Waals surface area contributed by atoms with E-state index >= 15 is 0 Å². The van der Waals surface area contributed by atoms with E-state index in [9.17, 15) is 13.2 Å². The molecule has 0 heterocycles. The van der Waals surface area contributed by atoms with Gasteiger partial charge in [-0.2, -0.15) is 5.26 Å². The second-order valence-corrected chi connectivity index (χ2v) is 6.88. The molecule has 9 heteroatoms. The number of sulfonamides is 1. The maximum atomic E-state index is 12.1. The van der Waals surface area contributed by atoms with Gasteiger partial charge in [0.1, 0.15) is 11.6 Å². The van der Waals surface area contributed by atoms with E-state index in [0.717, 1.165) is 5.56 Å². The molecule has 0 unspecified atom stereocenters. The summed E-state index contributed by atoms with van der Waals surface area (Å²) in [4.78, 5) is 12.1. The van der Waals surface area contributed by atoms with E-state index in [1.807, 2.05) is 6.07 Å². The molecule has 0 aliphatic carbocycles. The number of nitrogens with two attached hydrogens (primary N) is 2. The molecule has 1 amide bonds. The quantitative estimate of drug-likeness (QED) is 0.338. The van der Waals surface area contributed by atoms with Gasteiger partial charge in [-0.1, -0.05) is 12.1 Å². The summed E-state index contributed by atoms with van der Waals surface area (Å²) in [6.07, 6.45) is 1.29. The smallest absolute Gasteiger partial charge is 0.267 e. The summed E-state index contributed by atoms with van der Waals surface area (Å²) in [6, 6.07) is 14.3. The molecule has 2 aromatic rings. The van der Waals surface area contributed by atoms with Gasteiger partial charge in [-0.25, -0.2) is 13.6 Å². The highest BCUT2D eigenvalue weighted by atomic mass is 32.2. The fraction of sp³-hybridized carbons (Fsp3) is 0.0588. The molecule has 0 spiro atoms. The SMILES string of the molecule is N#C/C(=C/NCc1ccc(S(N)(=O)=O)cc1)C(=O)Nc1ccc(N)cc1. The number of hydrogen-bond donors (Lipinski definition) is 4. The predicted octanol–water partition coefficient (Wildman–Crippen LogP) is 1.05. The van der Waals surface area contributed by atoms with Crippen LogP contribution in [0.1, 0.15) is 5.56 Å². The standard InChI is InChI=1S/C17H17N5O3S/c18-9-13(17(23)22-15-5-3-14(19)4-6-15)11-21-10-12-1-7-16(8-2-12)26(20,24)25/h1-8,11,21H,10,19H2,(H,22,23)(H2,20,24,25)/b13-11-. The Balaban J connectivity index is 1.97. The number of rotatable bonds is 6. The molecule has 0 saturated heterocycles. The van der Waals surface area contributed by atoms with Crippen LogP contribution in [-0.2, 0) is 21.4 Å². The number of nitrogen functional groups attached to an aromatic ring is 1. The summed E-state index contributed by atoms with van der Waals surface area (Å²) in [6.45, 7) is 0.297. The lowest BCUT2D eigenvalue weighted by molar-refractivity contribution is -0.112. The van der Waals surface area contributed by atoms with Crippen molar-refractivity contribution in [1.29, 1.82) is 5.26 Å². The Kier molecular flexibility index (Phi) is 5.95. The number of nitriles is 1. The largest absolute Gasteiger partial charge is 0.399 e. The van der Waals surface area contributed by atoms with Crippen molar-refractivity contribution in [2.24, 2.45) is 5.14 Å². The number of carbonyl (C=O) groups excluding carboxylic acids is 1. The molecule has 0 aliphatic heterocycles. The molecule has 8 nitrogen and oxygen atoms in total. The summed E-state index contributed by atoms with van der Waals surface area (Å²) in [7, 11) is -3.74. The Hall–Kier alpha value is -3.35. The first-order valence-electron chi connectivity index (χ1n) is 7.42. The molecule has 134 valence electrons. The maximum Gasteiger partial charge on any atom is 0.267 e. The van der Waals surface area contributed by atoms with E-state index < -0.39 is 15.9 Å². The molecule has 0 bridgehead atoms. The first kappa shape index (κ1) is 19.0. The minimum absolute atomic E-state index is 0.0115. The topological polar surface area (TPSA) is 151 Å². The normalized spacial score (nSPS) is 11.5. The third kappa shape index (κ3) is 5.34. The zero-order valence-corrected chi connectivity index (χ0v) is 14.5. The summed E-state index contributed by atoms with van der Waals surface area (Å²) in [5.74, 6) is -0.561. The first-order chi connectivity index (χ1) is 12.3. The van der Waals surface area contributed by atoms with Crippen LogP contribution in [0, 0.1) is 11.3 Å². The fourth-order valence-electron chi connectivity index (χ4n) is 1.98. The van der Waals surface area contributed by atoms with E-state index in [4.69, 9.17) is 16.1 Å². The Morgan fingerprint density at radius 1 is 1.12 bits per heavy atom. The van der Waals surface area contributed by atoms with Gasteiger partial charge in [0.15, 0.2) is 0 Å². The van der Waals surface area contributed by atoms with Crippen molar-refractivity contribution in [3.63, 3.8) is 0 Å². The van der Waals surface area contributed by atoms with Crippen molar-refractivity contribution in [2.75, 3.05) is 11.1 Å². The lowest BCUT2D eigenvalue weighted by Crippen LogP contribution is -2.16. The highest BCUT2D eigenvalue weighted by Gasteiger charge is 2.09. The molecular weight excluding hydrogens is 354 g/mol. The van der Waals surface area contributed by atoms with Crippen LogP contribution < -0.4 is 21.5 Å². The number of nitrogens with zero attached hydrogens (tertiary/aromatic N) is 1. The van der Waals surface area contributed by atoms with E-state index in [-0.39, 0.29) is 10.5 Å². The minimum Gasteiger partial charge on any atom is -0.399 e. The third-order valence-corrected chi connectivity index (χ3v) is 4.27. The lowest BCUT2D eigenvalue weighted by Gasteiger charge is -2.06. The average molecular weight is 371 g/mol. The zero-order valence-electron chi connectivity index (χ0n) is 13.6. The van der Waals surface area contributed by atoms with Crippen molar-refractivity contribution in [3.8, 4) is 6.07 Å². The highest BCUT2D eigenvalue weighted by molar-refractivity contribution is 7.89. The molecule has 2 rings (SSSR count). The monoisotopic (exact) mass is 371 g/mol. The van der Waals surface area contributed by atoms with Crippen LogP contribution >= 0.6 is 0 Å². The number of benzene rings is 2. The molecule has 0 aromatic heterocycles. The van der Waals surface area contributed by atoms with Crippen molar-refractivity contribution in [3.05, 3.63) is 65.9 Å². The lowest BCUT2D eigenvalue weighted by atomic mass is 10.2. The summed E-state index contributed by atoms with van der Waals surface area (Å²) in [5, 5.41) is 19.6. The van der Waals surface area contributed by atoms with Gasteiger partial charge in [0.05, 0.1) is 4.90 Å². The summed E-state index contributed by atoms with van der Waals surface area (Å²) < 4.78 is 22.4. The number of nitrogens with one attached hydrogen (secondary N) is 2. The van der Waals surface area contributed by atoms with E-state index in [1.54, 1.807) is 36.4 Å². The second-order valence-electron chi connectivity index (χ2n) is 5.32. The van der Waals surface area contributed by atoms with Crippen LogP contribution in [0.25, 0.3) is 0 Å². The Morgan fingerprint density at radius 3 is 2.27 bits per heavy atom. The van der Waals surface area contributed by atoms with Crippen LogP contribution in [0.2, 0.25) is 0 Å². The van der Waals surface area contributed by atoms with Gasteiger partial charge in [-0.05, 0) is 42.0 Å². The Morgan fingerprint density at radius 2 is 1.73 bits per heavy atom. The molecule has 0 saturated carbocycles. The van der Waals surface area contributed by atoms with Crippen molar-refractivity contribution in [1.82, 2.24) is 5.32 Å². The van der Waals surface area contributed by atoms with Gasteiger partial charge >= 0.3 is 0 Å². The zero-order chi connectivity index (χ0) is 19.2. The van der Waals surface area contributed by atoms with Crippen LogP contribution in [0.4, 0.5) is 11.4 Å². The molecule has 0 atom stereocenters. The Bertz CT molecular complexity index is 959. The summed E-state index contributed by atoms with van der Waals surface area (Å²) in [5.41, 5.74) is 7.30. The van der Waals surface area contributed by atoms with Crippen LogP contribution in [0.15, 0.2) is 65.2 Å². The van der Waals surface area contributed by atoms with E-state index in [2.05, 4.69) is 10.6 Å². The molecule has 0 radical (unpaired) electrons. The average Bonchev–Trinajstić information content (AvgIpc) is 2.60. The third-order valence-electron chi connectivity index (χ3n) is 3.34. The number of anilines is 2. The van der Waals surface area contributed by atoms with Crippen molar-refractivity contribution < 1.29 is 13.2 Å². The van der Waals surface area contributed by atoms with Gasteiger partial charge < -0.3 is 16.4 Å². The van der Waals surface area contributed by atoms with Crippen molar-refractivity contribution >= 4 is 27.3 Å². The molecular formula is C17H17N5O3S. The van der Waals surface area contributed by atoms with Gasteiger partial charge in [0, 0.05) is 24.1 Å². The second kappa shape index (κ2) is 8.15. The fourth-order valence-corrected chi connectivity index (χ4v) is 2.50. The van der Waals surface area contributed by atoms with Crippen LogP contribution in [0.5, 0.6) is 0 Å². The maximum absolute atomic E-state index is 12.1. The molecule has 2 aromatic carbocycles. The molecule has 0 aliphatic rings. The molecule has 26 heavy (non-hydrogen) atoms. The van der Waals surface area contributed by atoms with Crippen LogP contribution in [0.3, 0.4) is 0 Å². The van der Waals surface area contributed by atoms with Gasteiger partial charge in [-0.3, -0.25) is 4.79 Å². The van der Waals surface area contributed by atoms with E-state index in [0.29, 0.717) is 17.9 Å². The number of primary sulfonamides is 1. The van der Waals surface area contributed by atoms with Gasteiger partial charge in [0.2, 0.25) is 10.0 Å². The molecule has 0 fully saturated rings. The number of hydrogen-bond acceptors (Lipinski definition) is 6. The van der Waals surface area contributed by atoms with Crippen LogP contribution in [-0.4, -0.2) is 14.3 Å². The predicted molar refractivity (Wildman–Crippen MR) is 97.8 cm³/mol. The number of carbonyl (C=O) groups is 1. The number of amides is 1. The highest BCUT2D eigenvalue weighted by Crippen LogP contribution is 2.12. The molecule has 6 N–H and O–H groups in total. The Labute approximate surface area is 151 Å². The van der Waals surface area contributed by atoms with Gasteiger partial charge in [0.25, 0.3) is 5.91 Å². The van der Waals surface area contributed by atoms with E-state index in [1.165, 1.54) is 18.3 Å². The first-order valence-corrected chi connectivity index (χ1v) is 8.96. The minimum atomic E-state index is -3.74. The van der Waals surface area contributed by atoms with Gasteiger partial charge in [-0.15, -0.1) is 0 Å². The summed E-state index contributed by atoms with van der Waals surface area (Å²) >= 11 is 0.